The van der Waals surface area contributed by atoms with Gasteiger partial charge in [-0.2, -0.15) is 0 Å². The molecule has 0 aliphatic rings. The van der Waals surface area contributed by atoms with Crippen LogP contribution in [0, 0.1) is 0 Å². The number of benzene rings is 1. The van der Waals surface area contributed by atoms with Crippen LogP contribution in [0.5, 0.6) is 0 Å². The van der Waals surface area contributed by atoms with E-state index in [2.05, 4.69) is 21.2 Å². The molecule has 0 amide bonds. The van der Waals surface area contributed by atoms with E-state index >= 15 is 0 Å². The van der Waals surface area contributed by atoms with E-state index in [1.165, 1.54) is 0 Å². The van der Waals surface area contributed by atoms with Crippen molar-refractivity contribution in [3.05, 3.63) is 28.2 Å². The molecule has 0 aromatic heterocycles. The largest absolute Gasteiger partial charge is 0.389 e. The first-order valence-corrected chi connectivity index (χ1v) is 6.74. The average molecular weight is 318 g/mol. The van der Waals surface area contributed by atoms with E-state index in [4.69, 9.17) is 9.47 Å². The molecule has 0 fully saturated rings. The molecule has 5 heteroatoms. The second-order valence-electron chi connectivity index (χ2n) is 3.89. The third-order valence-corrected chi connectivity index (χ3v) is 3.19. The Morgan fingerprint density at radius 1 is 1.44 bits per heavy atom. The quantitative estimate of drug-likeness (QED) is 0.773. The molecule has 18 heavy (non-hydrogen) atoms. The van der Waals surface area contributed by atoms with Crippen molar-refractivity contribution in [2.24, 2.45) is 0 Å². The standard InChI is InChI=1S/C13H20BrNO3/c1-3-18-8-10(16)7-15-13-6-4-5-12(14)11(13)9-17-2/h4-6,10,15-16H,3,7-9H2,1-2H3. The van der Waals surface area contributed by atoms with Gasteiger partial charge in [0.25, 0.3) is 0 Å². The Morgan fingerprint density at radius 2 is 2.22 bits per heavy atom. The van der Waals surface area contributed by atoms with Crippen LogP contribution in [0.3, 0.4) is 0 Å². The molecule has 1 aromatic carbocycles. The summed E-state index contributed by atoms with van der Waals surface area (Å²) in [6.45, 7) is 3.84. The fourth-order valence-electron chi connectivity index (χ4n) is 1.56. The van der Waals surface area contributed by atoms with E-state index in [0.717, 1.165) is 15.7 Å². The maximum atomic E-state index is 9.70. The Bertz CT molecular complexity index is 360. The van der Waals surface area contributed by atoms with Gasteiger partial charge in [0.05, 0.1) is 19.3 Å². The van der Waals surface area contributed by atoms with Gasteiger partial charge in [0, 0.05) is 36.0 Å². The van der Waals surface area contributed by atoms with Crippen LogP contribution in [-0.2, 0) is 16.1 Å². The predicted molar refractivity (Wildman–Crippen MR) is 75.8 cm³/mol. The van der Waals surface area contributed by atoms with Gasteiger partial charge in [0.1, 0.15) is 0 Å². The van der Waals surface area contributed by atoms with Gasteiger partial charge in [0.2, 0.25) is 0 Å². The number of halogens is 1. The molecule has 0 saturated carbocycles. The average Bonchev–Trinajstić information content (AvgIpc) is 2.37. The first-order valence-electron chi connectivity index (χ1n) is 5.95. The lowest BCUT2D eigenvalue weighted by molar-refractivity contribution is 0.0495. The lowest BCUT2D eigenvalue weighted by atomic mass is 10.2. The number of aliphatic hydroxyl groups excluding tert-OH is 1. The molecule has 0 saturated heterocycles. The van der Waals surface area contributed by atoms with Crippen molar-refractivity contribution in [3.8, 4) is 0 Å². The van der Waals surface area contributed by atoms with Crippen molar-refractivity contribution in [3.63, 3.8) is 0 Å². The maximum absolute atomic E-state index is 9.70. The van der Waals surface area contributed by atoms with Crippen molar-refractivity contribution < 1.29 is 14.6 Å². The first-order chi connectivity index (χ1) is 8.69. The summed E-state index contributed by atoms with van der Waals surface area (Å²) in [5.74, 6) is 0. The molecule has 102 valence electrons. The van der Waals surface area contributed by atoms with Crippen LogP contribution in [0.15, 0.2) is 22.7 Å². The smallest absolute Gasteiger partial charge is 0.0945 e. The fraction of sp³-hybridized carbons (Fsp3) is 0.538. The zero-order valence-electron chi connectivity index (χ0n) is 10.8. The molecular weight excluding hydrogens is 298 g/mol. The molecule has 2 N–H and O–H groups in total. The molecule has 0 heterocycles. The molecule has 1 rings (SSSR count). The molecule has 1 unspecified atom stereocenters. The highest BCUT2D eigenvalue weighted by Gasteiger charge is 2.08. The van der Waals surface area contributed by atoms with Gasteiger partial charge in [0.15, 0.2) is 0 Å². The third-order valence-electron chi connectivity index (χ3n) is 2.45. The second-order valence-corrected chi connectivity index (χ2v) is 4.75. The van der Waals surface area contributed by atoms with Crippen LogP contribution in [0.1, 0.15) is 12.5 Å². The summed E-state index contributed by atoms with van der Waals surface area (Å²) in [6, 6.07) is 5.88. The summed E-state index contributed by atoms with van der Waals surface area (Å²) in [4.78, 5) is 0. The number of nitrogens with one attached hydrogen (secondary N) is 1. The zero-order valence-corrected chi connectivity index (χ0v) is 12.4. The van der Waals surface area contributed by atoms with Crippen molar-refractivity contribution in [2.75, 3.05) is 32.2 Å². The molecule has 4 nitrogen and oxygen atoms in total. The fourth-order valence-corrected chi connectivity index (χ4v) is 2.04. The first kappa shape index (κ1) is 15.4. The molecule has 0 radical (unpaired) electrons. The topological polar surface area (TPSA) is 50.7 Å². The molecule has 0 aliphatic heterocycles. The minimum atomic E-state index is -0.515. The van der Waals surface area contributed by atoms with Crippen molar-refractivity contribution in [1.29, 1.82) is 0 Å². The maximum Gasteiger partial charge on any atom is 0.0945 e. The lowest BCUT2D eigenvalue weighted by Gasteiger charge is -2.16. The van der Waals surface area contributed by atoms with Crippen LogP contribution < -0.4 is 5.32 Å². The van der Waals surface area contributed by atoms with Crippen LogP contribution in [0.2, 0.25) is 0 Å². The number of hydrogen-bond donors (Lipinski definition) is 2. The summed E-state index contributed by atoms with van der Waals surface area (Å²) >= 11 is 3.49. The van der Waals surface area contributed by atoms with Crippen molar-refractivity contribution in [1.82, 2.24) is 0 Å². The monoisotopic (exact) mass is 317 g/mol. The van der Waals surface area contributed by atoms with Gasteiger partial charge in [-0.15, -0.1) is 0 Å². The molecule has 0 bridgehead atoms. The van der Waals surface area contributed by atoms with Crippen molar-refractivity contribution >= 4 is 21.6 Å². The van der Waals surface area contributed by atoms with Gasteiger partial charge in [-0.05, 0) is 19.1 Å². The van der Waals surface area contributed by atoms with E-state index in [1.807, 2.05) is 25.1 Å². The van der Waals surface area contributed by atoms with Crippen LogP contribution >= 0.6 is 15.9 Å². The normalized spacial score (nSPS) is 12.4. The number of ether oxygens (including phenoxy) is 2. The second kappa shape index (κ2) is 8.48. The minimum Gasteiger partial charge on any atom is -0.389 e. The molecule has 1 atom stereocenters. The highest BCUT2D eigenvalue weighted by atomic mass is 79.9. The number of aliphatic hydroxyl groups is 1. The summed E-state index contributed by atoms with van der Waals surface area (Å²) in [5, 5.41) is 12.9. The number of methoxy groups -OCH3 is 1. The molecule has 1 aromatic rings. The molecule has 0 spiro atoms. The van der Waals surface area contributed by atoms with E-state index in [-0.39, 0.29) is 0 Å². The van der Waals surface area contributed by atoms with Gasteiger partial charge in [-0.1, -0.05) is 22.0 Å². The SMILES string of the molecule is CCOCC(O)CNc1cccc(Br)c1COC. The van der Waals surface area contributed by atoms with E-state index in [9.17, 15) is 5.11 Å². The highest BCUT2D eigenvalue weighted by molar-refractivity contribution is 9.10. The number of anilines is 1. The van der Waals surface area contributed by atoms with Crippen LogP contribution in [-0.4, -0.2) is 38.1 Å². The van der Waals surface area contributed by atoms with Crippen LogP contribution in [0.4, 0.5) is 5.69 Å². The summed E-state index contributed by atoms with van der Waals surface area (Å²) in [6.07, 6.45) is -0.515. The Kier molecular flexibility index (Phi) is 7.27. The van der Waals surface area contributed by atoms with Gasteiger partial charge in [-0.3, -0.25) is 0 Å². The van der Waals surface area contributed by atoms with Crippen LogP contribution in [0.25, 0.3) is 0 Å². The summed E-state index contributed by atoms with van der Waals surface area (Å²) < 4.78 is 11.3. The Labute approximate surface area is 116 Å². The predicted octanol–water partition coefficient (Wildman–Crippen LogP) is 2.40. The third kappa shape index (κ3) is 4.94. The van der Waals surface area contributed by atoms with Gasteiger partial charge >= 0.3 is 0 Å². The molecular formula is C13H20BrNO3. The Hall–Kier alpha value is -0.620. The van der Waals surface area contributed by atoms with E-state index < -0.39 is 6.10 Å². The summed E-state index contributed by atoms with van der Waals surface area (Å²) in [5.41, 5.74) is 2.00. The summed E-state index contributed by atoms with van der Waals surface area (Å²) in [7, 11) is 1.66. The van der Waals surface area contributed by atoms with E-state index in [1.54, 1.807) is 7.11 Å². The number of hydrogen-bond acceptors (Lipinski definition) is 4. The van der Waals surface area contributed by atoms with Gasteiger partial charge in [-0.25, -0.2) is 0 Å². The van der Waals surface area contributed by atoms with Gasteiger partial charge < -0.3 is 19.9 Å². The Balaban J connectivity index is 2.58. The minimum absolute atomic E-state index is 0.344. The number of rotatable bonds is 8. The van der Waals surface area contributed by atoms with E-state index in [0.29, 0.717) is 26.4 Å². The lowest BCUT2D eigenvalue weighted by Crippen LogP contribution is -2.25. The molecule has 0 aliphatic carbocycles. The highest BCUT2D eigenvalue weighted by Crippen LogP contribution is 2.25. The zero-order chi connectivity index (χ0) is 13.4. The Morgan fingerprint density at radius 3 is 2.89 bits per heavy atom. The van der Waals surface area contributed by atoms with Crippen molar-refractivity contribution in [2.45, 2.75) is 19.6 Å².